The second-order valence-corrected chi connectivity index (χ2v) is 13.3. The van der Waals surface area contributed by atoms with Gasteiger partial charge in [0, 0.05) is 11.3 Å². The third-order valence-electron chi connectivity index (χ3n) is 8.55. The summed E-state index contributed by atoms with van der Waals surface area (Å²) in [5.74, 6) is 0. The van der Waals surface area contributed by atoms with Crippen molar-refractivity contribution in [1.82, 2.24) is 19.9 Å². The molecule has 2 aliphatic carbocycles. The Balaban J connectivity index is 0.000000450. The zero-order valence-electron chi connectivity index (χ0n) is 27.8. The van der Waals surface area contributed by atoms with Gasteiger partial charge >= 0.3 is 37.1 Å². The number of nitrogens with zero attached hydrogens (tertiary/aromatic N) is 2. The first-order valence-electron chi connectivity index (χ1n) is 15.4. The summed E-state index contributed by atoms with van der Waals surface area (Å²) in [6, 6.07) is 26.2. The normalized spacial score (nSPS) is 12.1. The molecule has 2 aromatic heterocycles. The fourth-order valence-electron chi connectivity index (χ4n) is 6.30. The van der Waals surface area contributed by atoms with Crippen LogP contribution in [0.15, 0.2) is 60.7 Å². The van der Waals surface area contributed by atoms with E-state index in [1.807, 2.05) is 18.1 Å². The number of methoxy groups -OCH3 is 2. The Bertz CT molecular complexity index is 2280. The number of carbonyl (C=O) groups is 2. The van der Waals surface area contributed by atoms with E-state index in [1.165, 1.54) is 44.2 Å². The van der Waals surface area contributed by atoms with Crippen molar-refractivity contribution < 1.29 is 65.8 Å². The van der Waals surface area contributed by atoms with Crippen LogP contribution >= 0.6 is 17.2 Å². The molecule has 0 bridgehead atoms. The Morgan fingerprint density at radius 3 is 1.87 bits per heavy atom. The summed E-state index contributed by atoms with van der Waals surface area (Å²) in [7, 11) is 2.18. The maximum absolute atomic E-state index is 10.9. The summed E-state index contributed by atoms with van der Waals surface area (Å²) < 4.78 is 7.56. The van der Waals surface area contributed by atoms with E-state index in [0.29, 0.717) is 5.57 Å². The first-order valence-corrected chi connectivity index (χ1v) is 17.4. The average Bonchev–Trinajstić information content (AvgIpc) is 3.73. The molecule has 6 aromatic rings. The molecule has 52 heavy (non-hydrogen) atoms. The number of hydrogen-bond donors (Lipinski definition) is 2. The molecular formula is C36H30N6O6P2V2. The van der Waals surface area contributed by atoms with Gasteiger partial charge in [-0.15, -0.1) is 0 Å². The average molecular weight is 807 g/mol. The minimum absolute atomic E-state index is 0. The van der Waals surface area contributed by atoms with E-state index in [1.54, 1.807) is 0 Å². The Morgan fingerprint density at radius 2 is 1.21 bits per heavy atom. The molecule has 4 aromatic carbocycles. The number of aromatic amines is 2. The van der Waals surface area contributed by atoms with E-state index in [9.17, 15) is 19.2 Å². The number of aryl methyl sites for hydroxylation is 4. The van der Waals surface area contributed by atoms with Crippen LogP contribution in [-0.4, -0.2) is 58.4 Å². The SMILES string of the molecule is COC([NH-])=O.COC([NH-])=O.O=[C-]Pc1nc2c([nH]1)CCc1cc3c(cc1-2)CCc1cc2cc(-c4ccc5nc(P[C-]=O)[nH]c5c4)ccc2cc1-3.[V+2].[V+2]. The first kappa shape index (κ1) is 40.5. The molecule has 260 valence electrons. The molecule has 0 saturated carbocycles. The molecule has 2 heterocycles. The molecule has 8 rings (SSSR count). The molecule has 2 atom stereocenters. The molecule has 2 aliphatic rings. The van der Waals surface area contributed by atoms with Crippen molar-refractivity contribution in [3.05, 3.63) is 94.5 Å². The van der Waals surface area contributed by atoms with Crippen LogP contribution in [0.5, 0.6) is 0 Å². The van der Waals surface area contributed by atoms with Gasteiger partial charge in [-0.05, 0) is 106 Å². The number of benzene rings is 4. The quantitative estimate of drug-likeness (QED) is 0.138. The second-order valence-electron chi connectivity index (χ2n) is 11.4. The monoisotopic (exact) mass is 806 g/mol. The largest absolute Gasteiger partial charge is 2.00 e. The van der Waals surface area contributed by atoms with E-state index in [4.69, 9.17) is 16.5 Å². The van der Waals surface area contributed by atoms with Crippen molar-refractivity contribution >= 4 is 74.3 Å². The maximum atomic E-state index is 10.9. The number of carbonyl (C=O) groups excluding carboxylic acids is 4. The number of aromatic nitrogens is 4. The van der Waals surface area contributed by atoms with Gasteiger partial charge < -0.3 is 40.5 Å². The number of nitrogens with one attached hydrogen (secondary N) is 4. The number of ether oxygens (including phenoxy) is 2. The molecule has 2 amide bonds. The van der Waals surface area contributed by atoms with Gasteiger partial charge in [-0.25, -0.2) is 22.0 Å². The van der Waals surface area contributed by atoms with Gasteiger partial charge in [0.1, 0.15) is 0 Å². The van der Waals surface area contributed by atoms with Crippen LogP contribution in [0.2, 0.25) is 0 Å². The topological polar surface area (TPSA) is 192 Å². The van der Waals surface area contributed by atoms with Crippen LogP contribution in [-0.2, 0) is 81.9 Å². The van der Waals surface area contributed by atoms with Gasteiger partial charge in [-0.1, -0.05) is 30.3 Å². The van der Waals surface area contributed by atoms with Crippen molar-refractivity contribution in [2.75, 3.05) is 14.2 Å². The zero-order valence-corrected chi connectivity index (χ0v) is 32.6. The fourth-order valence-corrected chi connectivity index (χ4v) is 7.25. The summed E-state index contributed by atoms with van der Waals surface area (Å²) in [5.41, 5.74) is 27.5. The first-order chi connectivity index (χ1) is 24.2. The summed E-state index contributed by atoms with van der Waals surface area (Å²) in [5, 5.41) is 2.47. The van der Waals surface area contributed by atoms with Gasteiger partial charge in [0.05, 0.1) is 42.1 Å². The minimum Gasteiger partial charge on any atom is -0.632 e. The predicted octanol–water partition coefficient (Wildman–Crippen LogP) is 6.98. The van der Waals surface area contributed by atoms with Crippen LogP contribution in [0.3, 0.4) is 0 Å². The van der Waals surface area contributed by atoms with E-state index < -0.39 is 12.2 Å². The van der Waals surface area contributed by atoms with Crippen LogP contribution in [0.4, 0.5) is 9.59 Å². The fraction of sp³-hybridized carbons (Fsp3) is 0.167. The van der Waals surface area contributed by atoms with E-state index in [2.05, 4.69) is 79.0 Å². The van der Waals surface area contributed by atoms with Gasteiger partial charge in [0.25, 0.3) is 0 Å². The molecule has 0 fully saturated rings. The Morgan fingerprint density at radius 1 is 0.673 bits per heavy atom. The standard InChI is InChI=1S/C32H22N4O2P2.2C2H5NO2.2V/c37-15-39-31-33-27-7-5-19(14-29(27)35-31)17-1-2-18-11-24-20(10-23(18)9-17)3-4-21-13-26-22(12-25(21)24)6-8-28-30(26)36-32(34-28)40-16-38;2*1-5-2(3)4;;/h1-2,5,7,9-14,39-40H,3-4,6,8H2,(H,33,35)(H,34,36);2*1H3,(H2,3,4);;/q-2;;;2*+2/p-2. The third kappa shape index (κ3) is 8.84. The van der Waals surface area contributed by atoms with Crippen molar-refractivity contribution in [3.8, 4) is 33.5 Å². The van der Waals surface area contributed by atoms with Crippen molar-refractivity contribution in [2.45, 2.75) is 25.7 Å². The van der Waals surface area contributed by atoms with Crippen LogP contribution in [0.1, 0.15) is 22.4 Å². The molecule has 0 aliphatic heterocycles. The van der Waals surface area contributed by atoms with Crippen LogP contribution in [0.25, 0.3) is 66.8 Å². The number of H-pyrrole nitrogens is 2. The van der Waals surface area contributed by atoms with Gasteiger partial charge in [0.2, 0.25) is 12.2 Å². The van der Waals surface area contributed by atoms with Gasteiger partial charge in [-0.3, -0.25) is 9.59 Å². The minimum atomic E-state index is -0.995. The number of rotatable bonds is 5. The zero-order chi connectivity index (χ0) is 35.4. The van der Waals surface area contributed by atoms with Crippen LogP contribution in [0, 0.1) is 0 Å². The Labute approximate surface area is 326 Å². The number of amides is 2. The maximum Gasteiger partial charge on any atom is 2.00 e. The molecule has 16 heteroatoms. The van der Waals surface area contributed by atoms with Crippen LogP contribution < -0.4 is 11.1 Å². The second kappa shape index (κ2) is 18.0. The van der Waals surface area contributed by atoms with E-state index >= 15 is 0 Å². The summed E-state index contributed by atoms with van der Waals surface area (Å²) in [6.07, 6.45) is 1.88. The molecular weight excluding hydrogens is 776 g/mol. The van der Waals surface area contributed by atoms with Gasteiger partial charge in [-0.2, -0.15) is 17.2 Å². The van der Waals surface area contributed by atoms with Crippen molar-refractivity contribution in [2.24, 2.45) is 0 Å². The predicted molar refractivity (Wildman–Crippen MR) is 198 cm³/mol. The number of hydrogen-bond acceptors (Lipinski definition) is 8. The summed E-state index contributed by atoms with van der Waals surface area (Å²) in [6.45, 7) is 0. The third-order valence-corrected chi connectivity index (χ3v) is 9.70. The molecule has 0 spiro atoms. The molecule has 2 unspecified atom stereocenters. The van der Waals surface area contributed by atoms with E-state index in [-0.39, 0.29) is 54.3 Å². The summed E-state index contributed by atoms with van der Waals surface area (Å²) in [4.78, 5) is 56.0. The smallest absolute Gasteiger partial charge is 0.632 e. The van der Waals surface area contributed by atoms with Gasteiger partial charge in [0.15, 0.2) is 0 Å². The number of imidazole rings is 2. The van der Waals surface area contributed by atoms with Crippen molar-refractivity contribution in [1.29, 1.82) is 0 Å². The molecule has 2 radical (unpaired) electrons. The van der Waals surface area contributed by atoms with E-state index in [0.717, 1.165) is 79.0 Å². The molecule has 4 N–H and O–H groups in total. The Kier molecular flexibility index (Phi) is 14.0. The Hall–Kier alpha value is -4.27. The number of fused-ring (bicyclic) bond motifs is 8. The summed E-state index contributed by atoms with van der Waals surface area (Å²) >= 11 is 0. The molecule has 0 saturated heterocycles. The van der Waals surface area contributed by atoms with Crippen molar-refractivity contribution in [3.63, 3.8) is 0 Å². The molecule has 12 nitrogen and oxygen atoms in total.